The van der Waals surface area contributed by atoms with Gasteiger partial charge >= 0.3 is 0 Å². The van der Waals surface area contributed by atoms with Gasteiger partial charge in [0.2, 0.25) is 0 Å². The van der Waals surface area contributed by atoms with Crippen molar-refractivity contribution in [1.29, 1.82) is 0 Å². The summed E-state index contributed by atoms with van der Waals surface area (Å²) in [5, 5.41) is 0. The topological polar surface area (TPSA) is 16.1 Å². The maximum atomic E-state index is 4.27. The molecule has 1 fully saturated rings. The molecule has 0 radical (unpaired) electrons. The highest BCUT2D eigenvalue weighted by Crippen LogP contribution is 2.39. The Hall–Kier alpha value is -0.670. The summed E-state index contributed by atoms with van der Waals surface area (Å²) < 4.78 is 1.07. The third-order valence-corrected chi connectivity index (χ3v) is 4.30. The SMILES string of the molecule is CN1[C@H]2C=CC(c3cncc(Br)c3)[C@@H]1CC2. The Balaban J connectivity index is 1.96. The van der Waals surface area contributed by atoms with E-state index in [0.29, 0.717) is 18.0 Å². The summed E-state index contributed by atoms with van der Waals surface area (Å²) in [7, 11) is 2.24. The zero-order valence-electron chi connectivity index (χ0n) is 9.31. The van der Waals surface area contributed by atoms with E-state index in [0.717, 1.165) is 4.47 Å². The molecule has 16 heavy (non-hydrogen) atoms. The first-order chi connectivity index (χ1) is 7.75. The van der Waals surface area contributed by atoms with E-state index in [-0.39, 0.29) is 0 Å². The number of fused-ring (bicyclic) bond motifs is 2. The lowest BCUT2D eigenvalue weighted by atomic mass is 9.90. The Kier molecular flexibility index (Phi) is 2.60. The highest BCUT2D eigenvalue weighted by Gasteiger charge is 2.37. The van der Waals surface area contributed by atoms with Crippen LogP contribution < -0.4 is 0 Å². The van der Waals surface area contributed by atoms with E-state index in [4.69, 9.17) is 0 Å². The van der Waals surface area contributed by atoms with E-state index in [9.17, 15) is 0 Å². The second-order valence-electron chi connectivity index (χ2n) is 4.72. The van der Waals surface area contributed by atoms with Gasteiger partial charge in [0.25, 0.3) is 0 Å². The largest absolute Gasteiger partial charge is 0.296 e. The number of halogens is 1. The number of rotatable bonds is 1. The summed E-state index contributed by atoms with van der Waals surface area (Å²) in [6.45, 7) is 0. The standard InChI is InChI=1S/C13H15BrN2/c1-16-11-2-4-12(13(16)5-3-11)9-6-10(14)8-15-7-9/h2,4,6-8,11-13H,3,5H2,1H3/t11-,12?,13-/m0/s1. The molecular formula is C13H15BrN2. The maximum absolute atomic E-state index is 4.27. The van der Waals surface area contributed by atoms with E-state index in [1.54, 1.807) is 0 Å². The summed E-state index contributed by atoms with van der Waals surface area (Å²) in [6, 6.07) is 3.52. The van der Waals surface area contributed by atoms with Gasteiger partial charge in [-0.2, -0.15) is 0 Å². The van der Waals surface area contributed by atoms with E-state index in [1.807, 2.05) is 12.4 Å². The molecule has 3 rings (SSSR count). The van der Waals surface area contributed by atoms with Crippen molar-refractivity contribution in [3.8, 4) is 0 Å². The Morgan fingerprint density at radius 1 is 1.31 bits per heavy atom. The molecule has 0 saturated carbocycles. The summed E-state index contributed by atoms with van der Waals surface area (Å²) in [5.74, 6) is 0.508. The van der Waals surface area contributed by atoms with Gasteiger partial charge < -0.3 is 0 Å². The second kappa shape index (κ2) is 3.97. The molecule has 2 nitrogen and oxygen atoms in total. The van der Waals surface area contributed by atoms with Crippen LogP contribution in [0.1, 0.15) is 24.3 Å². The molecule has 0 N–H and O–H groups in total. The molecule has 84 valence electrons. The van der Waals surface area contributed by atoms with Gasteiger partial charge in [-0.15, -0.1) is 0 Å². The molecule has 3 atom stereocenters. The second-order valence-corrected chi connectivity index (χ2v) is 5.64. The van der Waals surface area contributed by atoms with Crippen molar-refractivity contribution in [3.05, 3.63) is 40.6 Å². The fourth-order valence-electron chi connectivity index (χ4n) is 2.98. The molecule has 0 aliphatic carbocycles. The van der Waals surface area contributed by atoms with Crippen LogP contribution in [0.4, 0.5) is 0 Å². The molecule has 1 saturated heterocycles. The molecule has 1 unspecified atom stereocenters. The van der Waals surface area contributed by atoms with Crippen LogP contribution >= 0.6 is 15.9 Å². The first kappa shape index (κ1) is 10.5. The lowest BCUT2D eigenvalue weighted by Gasteiger charge is -2.33. The van der Waals surface area contributed by atoms with Crippen molar-refractivity contribution < 1.29 is 0 Å². The highest BCUT2D eigenvalue weighted by molar-refractivity contribution is 9.10. The first-order valence-corrected chi connectivity index (χ1v) is 6.56. The molecule has 1 aromatic heterocycles. The van der Waals surface area contributed by atoms with Gasteiger partial charge in [-0.3, -0.25) is 9.88 Å². The minimum absolute atomic E-state index is 0.508. The predicted octanol–water partition coefficient (Wildman–Crippen LogP) is 2.96. The normalized spacial score (nSPS) is 33.2. The van der Waals surface area contributed by atoms with E-state index in [2.05, 4.69) is 51.1 Å². The number of hydrogen-bond donors (Lipinski definition) is 0. The van der Waals surface area contributed by atoms with Gasteiger partial charge in [-0.05, 0) is 47.4 Å². The van der Waals surface area contributed by atoms with E-state index < -0.39 is 0 Å². The number of pyridine rings is 1. The minimum atomic E-state index is 0.508. The Morgan fingerprint density at radius 2 is 2.19 bits per heavy atom. The van der Waals surface area contributed by atoms with Crippen LogP contribution in [-0.2, 0) is 0 Å². The number of nitrogens with zero attached hydrogens (tertiary/aromatic N) is 2. The molecule has 2 aliphatic heterocycles. The lowest BCUT2D eigenvalue weighted by Crippen LogP contribution is -2.37. The van der Waals surface area contributed by atoms with Gasteiger partial charge in [0, 0.05) is 34.9 Å². The highest BCUT2D eigenvalue weighted by atomic mass is 79.9. The zero-order valence-corrected chi connectivity index (χ0v) is 10.9. The van der Waals surface area contributed by atoms with Crippen LogP contribution in [0, 0.1) is 0 Å². The number of hydrogen-bond acceptors (Lipinski definition) is 2. The summed E-state index contributed by atoms with van der Waals surface area (Å²) in [4.78, 5) is 6.77. The third kappa shape index (κ3) is 1.62. The Morgan fingerprint density at radius 3 is 3.00 bits per heavy atom. The Bertz CT molecular complexity index is 430. The van der Waals surface area contributed by atoms with E-state index >= 15 is 0 Å². The smallest absolute Gasteiger partial charge is 0.0410 e. The maximum Gasteiger partial charge on any atom is 0.0410 e. The van der Waals surface area contributed by atoms with Gasteiger partial charge in [0.05, 0.1) is 0 Å². The summed E-state index contributed by atoms with van der Waals surface area (Å²) in [5.41, 5.74) is 1.32. The van der Waals surface area contributed by atoms with Crippen molar-refractivity contribution in [3.63, 3.8) is 0 Å². The molecule has 0 aromatic carbocycles. The Labute approximate surface area is 104 Å². The van der Waals surface area contributed by atoms with Gasteiger partial charge in [0.1, 0.15) is 0 Å². The average Bonchev–Trinajstić information content (AvgIpc) is 2.52. The molecule has 2 bridgehead atoms. The summed E-state index contributed by atoms with van der Waals surface area (Å²) in [6.07, 6.45) is 11.2. The van der Waals surface area contributed by atoms with Crippen LogP contribution in [-0.4, -0.2) is 29.0 Å². The molecule has 3 heterocycles. The molecule has 0 amide bonds. The van der Waals surface area contributed by atoms with Gasteiger partial charge in [-0.25, -0.2) is 0 Å². The van der Waals surface area contributed by atoms with Crippen molar-refractivity contribution in [1.82, 2.24) is 9.88 Å². The van der Waals surface area contributed by atoms with Gasteiger partial charge in [0.15, 0.2) is 0 Å². The molecule has 0 spiro atoms. The quantitative estimate of drug-likeness (QED) is 0.735. The number of aromatic nitrogens is 1. The fourth-order valence-corrected chi connectivity index (χ4v) is 3.36. The van der Waals surface area contributed by atoms with Crippen LogP contribution in [0.5, 0.6) is 0 Å². The van der Waals surface area contributed by atoms with Crippen LogP contribution in [0.3, 0.4) is 0 Å². The first-order valence-electron chi connectivity index (χ1n) is 5.76. The van der Waals surface area contributed by atoms with Crippen LogP contribution in [0.15, 0.2) is 35.1 Å². The monoisotopic (exact) mass is 278 g/mol. The predicted molar refractivity (Wildman–Crippen MR) is 68.4 cm³/mol. The molecule has 2 aliphatic rings. The van der Waals surface area contributed by atoms with Crippen LogP contribution in [0.25, 0.3) is 0 Å². The third-order valence-electron chi connectivity index (χ3n) is 3.87. The molecule has 3 heteroatoms. The fraction of sp³-hybridized carbons (Fsp3) is 0.462. The van der Waals surface area contributed by atoms with Crippen molar-refractivity contribution in [2.45, 2.75) is 30.8 Å². The zero-order chi connectivity index (χ0) is 11.1. The lowest BCUT2D eigenvalue weighted by molar-refractivity contribution is 0.241. The number of likely N-dealkylation sites (N-methyl/N-ethyl adjacent to an activating group) is 1. The van der Waals surface area contributed by atoms with E-state index in [1.165, 1.54) is 18.4 Å². The van der Waals surface area contributed by atoms with Crippen LogP contribution in [0.2, 0.25) is 0 Å². The van der Waals surface area contributed by atoms with Gasteiger partial charge in [-0.1, -0.05) is 12.2 Å². The van der Waals surface area contributed by atoms with Crippen molar-refractivity contribution >= 4 is 15.9 Å². The average molecular weight is 279 g/mol. The van der Waals surface area contributed by atoms with Crippen molar-refractivity contribution in [2.24, 2.45) is 0 Å². The minimum Gasteiger partial charge on any atom is -0.296 e. The molecule has 1 aromatic rings. The molecular weight excluding hydrogens is 264 g/mol. The van der Waals surface area contributed by atoms with Crippen molar-refractivity contribution in [2.75, 3.05) is 7.05 Å². The summed E-state index contributed by atoms with van der Waals surface area (Å²) >= 11 is 3.50.